The molecule has 1 aromatic rings. The van der Waals surface area contributed by atoms with Gasteiger partial charge in [-0.25, -0.2) is 0 Å². The van der Waals surface area contributed by atoms with Crippen LogP contribution < -0.4 is 5.32 Å². The number of carbonyl (C=O) groups excluding carboxylic acids is 1. The third-order valence-electron chi connectivity index (χ3n) is 7.34. The topological polar surface area (TPSA) is 69.6 Å². The lowest BCUT2D eigenvalue weighted by molar-refractivity contribution is -0.121. The molecule has 0 saturated heterocycles. The largest absolute Gasteiger partial charge is 0.450 e. The number of nitrogens with one attached hydrogen (secondary N) is 1. The lowest BCUT2D eigenvalue weighted by Gasteiger charge is -2.23. The molecule has 3 N–H and O–H groups in total. The van der Waals surface area contributed by atoms with E-state index in [4.69, 9.17) is 0 Å². The quantitative estimate of drug-likeness (QED) is 0.141. The van der Waals surface area contributed by atoms with Gasteiger partial charge in [-0.2, -0.15) is 0 Å². The van der Waals surface area contributed by atoms with Crippen molar-refractivity contribution in [2.75, 3.05) is 6.54 Å². The van der Waals surface area contributed by atoms with Crippen LogP contribution in [0.5, 0.6) is 0 Å². The average Bonchev–Trinajstić information content (AvgIpc) is 3.23. The number of aliphatic hydroxyl groups excluding tert-OH is 1. The fourth-order valence-corrected chi connectivity index (χ4v) is 5.34. The van der Waals surface area contributed by atoms with Gasteiger partial charge in [0.25, 0.3) is 6.92 Å². The Hall–Kier alpha value is -1.85. The first kappa shape index (κ1) is 29.4. The van der Waals surface area contributed by atoms with Crippen molar-refractivity contribution < 1.29 is 14.9 Å². The molecular weight excluding hydrogens is 433 g/mol. The summed E-state index contributed by atoms with van der Waals surface area (Å²) in [6, 6.07) is 10.3. The van der Waals surface area contributed by atoms with E-state index >= 15 is 0 Å². The Balaban J connectivity index is 1.89. The minimum absolute atomic E-state index is 0.136. The highest BCUT2D eigenvalue weighted by Crippen LogP contribution is 2.43. The van der Waals surface area contributed by atoms with Crippen molar-refractivity contribution in [3.05, 3.63) is 60.2 Å². The Labute approximate surface area is 214 Å². The minimum atomic E-state index is -0.438. The third-order valence-corrected chi connectivity index (χ3v) is 7.34. The Bertz CT molecular complexity index is 751. The van der Waals surface area contributed by atoms with Crippen molar-refractivity contribution in [3.8, 4) is 0 Å². The SMILES string of the molecule is CCCCB(O)C[C@@H]1CC[C@H](C/C=C\CCCC(=O)NCC)C1/C=C/C(O)CCc1ccccc1. The number of unbranched alkanes of at least 4 members (excludes halogenated alkanes) is 2. The van der Waals surface area contributed by atoms with Gasteiger partial charge in [0.1, 0.15) is 0 Å². The van der Waals surface area contributed by atoms with Gasteiger partial charge in [0.15, 0.2) is 0 Å². The molecule has 0 radical (unpaired) electrons. The summed E-state index contributed by atoms with van der Waals surface area (Å²) in [5.41, 5.74) is 1.26. The molecule has 1 aromatic carbocycles. The van der Waals surface area contributed by atoms with Crippen LogP contribution in [0.15, 0.2) is 54.6 Å². The molecule has 4 atom stereocenters. The fourth-order valence-electron chi connectivity index (χ4n) is 5.34. The van der Waals surface area contributed by atoms with E-state index in [-0.39, 0.29) is 12.8 Å². The number of rotatable bonds is 17. The van der Waals surface area contributed by atoms with Gasteiger partial charge in [0.05, 0.1) is 6.10 Å². The maximum atomic E-state index is 11.6. The van der Waals surface area contributed by atoms with Crippen molar-refractivity contribution in [1.29, 1.82) is 0 Å². The van der Waals surface area contributed by atoms with E-state index in [1.54, 1.807) is 0 Å². The maximum Gasteiger partial charge on any atom is 0.289 e. The van der Waals surface area contributed by atoms with Crippen LogP contribution in [-0.4, -0.2) is 35.6 Å². The van der Waals surface area contributed by atoms with Crippen LogP contribution >= 0.6 is 0 Å². The van der Waals surface area contributed by atoms with Crippen LogP contribution in [0.2, 0.25) is 12.6 Å². The molecule has 1 aliphatic carbocycles. The van der Waals surface area contributed by atoms with E-state index in [9.17, 15) is 14.9 Å². The number of allylic oxidation sites excluding steroid dienone is 3. The fraction of sp³-hybridized carbons (Fsp3) is 0.633. The normalized spacial score (nSPS) is 21.1. The second-order valence-corrected chi connectivity index (χ2v) is 10.2. The Morgan fingerprint density at radius 3 is 2.66 bits per heavy atom. The van der Waals surface area contributed by atoms with E-state index < -0.39 is 6.10 Å². The van der Waals surface area contributed by atoms with Crippen LogP contribution in [0.3, 0.4) is 0 Å². The molecule has 2 unspecified atom stereocenters. The van der Waals surface area contributed by atoms with Crippen LogP contribution in [-0.2, 0) is 11.2 Å². The van der Waals surface area contributed by atoms with Crippen LogP contribution in [0.25, 0.3) is 0 Å². The number of benzene rings is 1. The molecule has 2 rings (SSSR count). The minimum Gasteiger partial charge on any atom is -0.450 e. The predicted molar refractivity (Wildman–Crippen MR) is 148 cm³/mol. The van der Waals surface area contributed by atoms with Crippen LogP contribution in [0.1, 0.15) is 77.2 Å². The summed E-state index contributed by atoms with van der Waals surface area (Å²) >= 11 is 0. The van der Waals surface area contributed by atoms with Crippen molar-refractivity contribution in [2.24, 2.45) is 17.8 Å². The zero-order valence-electron chi connectivity index (χ0n) is 22.1. The van der Waals surface area contributed by atoms with Crippen molar-refractivity contribution in [2.45, 2.75) is 96.8 Å². The monoisotopic (exact) mass is 481 g/mol. The van der Waals surface area contributed by atoms with E-state index in [1.165, 1.54) is 12.0 Å². The smallest absolute Gasteiger partial charge is 0.289 e. The summed E-state index contributed by atoms with van der Waals surface area (Å²) < 4.78 is 0. The lowest BCUT2D eigenvalue weighted by Crippen LogP contribution is -2.21. The second-order valence-electron chi connectivity index (χ2n) is 10.2. The molecule has 1 amide bonds. The second kappa shape index (κ2) is 17.6. The molecule has 0 heterocycles. The highest BCUT2D eigenvalue weighted by Gasteiger charge is 2.35. The molecule has 1 aliphatic rings. The zero-order valence-corrected chi connectivity index (χ0v) is 22.1. The first-order valence-electron chi connectivity index (χ1n) is 14.0. The molecule has 1 saturated carbocycles. The van der Waals surface area contributed by atoms with Gasteiger partial charge >= 0.3 is 0 Å². The van der Waals surface area contributed by atoms with Crippen molar-refractivity contribution >= 4 is 12.8 Å². The number of amides is 1. The molecular formula is C30H48BNO3. The standard InChI is InChI=1S/C30H48BNO3/c1-3-5-23-31(35)24-27-19-18-26(15-11-6-7-12-16-30(34)32-4-2)29(27)22-21-28(33)20-17-25-13-9-8-10-14-25/h6,8-11,13-14,21-22,26-29,33,35H,3-5,7,12,15-20,23-24H2,1-2H3,(H,32,34)/b11-6-,22-21+/t26-,27-,28?,29?/m0/s1. The Kier molecular flexibility index (Phi) is 14.7. The number of aryl methyl sites for hydroxylation is 1. The van der Waals surface area contributed by atoms with E-state index in [2.05, 4.69) is 42.6 Å². The highest BCUT2D eigenvalue weighted by atomic mass is 16.3. The first-order valence-corrected chi connectivity index (χ1v) is 14.0. The number of hydrogen-bond donors (Lipinski definition) is 3. The summed E-state index contributed by atoms with van der Waals surface area (Å²) in [5.74, 6) is 1.57. The van der Waals surface area contributed by atoms with Gasteiger partial charge in [-0.1, -0.05) is 80.8 Å². The van der Waals surface area contributed by atoms with Gasteiger partial charge < -0.3 is 15.4 Å². The van der Waals surface area contributed by atoms with E-state index in [0.717, 1.165) is 64.0 Å². The summed E-state index contributed by atoms with van der Waals surface area (Å²) in [5, 5.41) is 24.0. The van der Waals surface area contributed by atoms with Crippen molar-refractivity contribution in [3.63, 3.8) is 0 Å². The highest BCUT2D eigenvalue weighted by molar-refractivity contribution is 6.50. The van der Waals surface area contributed by atoms with Gasteiger partial charge in [0.2, 0.25) is 5.91 Å². The summed E-state index contributed by atoms with van der Waals surface area (Å²) in [4.78, 5) is 11.6. The molecule has 35 heavy (non-hydrogen) atoms. The third kappa shape index (κ3) is 12.1. The Morgan fingerprint density at radius 1 is 1.14 bits per heavy atom. The first-order chi connectivity index (χ1) is 17.0. The number of aliphatic hydroxyl groups is 1. The molecule has 0 spiro atoms. The van der Waals surface area contributed by atoms with Gasteiger partial charge in [-0.05, 0) is 81.4 Å². The molecule has 0 aliphatic heterocycles. The number of carbonyl (C=O) groups is 1. The summed E-state index contributed by atoms with van der Waals surface area (Å²) in [6.07, 6.45) is 19.6. The Morgan fingerprint density at radius 2 is 1.91 bits per heavy atom. The molecule has 1 fully saturated rings. The molecule has 0 bridgehead atoms. The lowest BCUT2D eigenvalue weighted by atomic mass is 9.56. The van der Waals surface area contributed by atoms with E-state index in [0.29, 0.717) is 30.7 Å². The van der Waals surface area contributed by atoms with Gasteiger partial charge in [0, 0.05) is 13.0 Å². The van der Waals surface area contributed by atoms with Crippen molar-refractivity contribution in [1.82, 2.24) is 5.32 Å². The summed E-state index contributed by atoms with van der Waals surface area (Å²) in [7, 11) is 0. The van der Waals surface area contributed by atoms with Crippen LogP contribution in [0, 0.1) is 17.8 Å². The zero-order chi connectivity index (χ0) is 25.3. The molecule has 4 nitrogen and oxygen atoms in total. The predicted octanol–water partition coefficient (Wildman–Crippen LogP) is 6.22. The molecule has 0 aromatic heterocycles. The van der Waals surface area contributed by atoms with Gasteiger partial charge in [-0.3, -0.25) is 4.79 Å². The van der Waals surface area contributed by atoms with E-state index in [1.807, 2.05) is 31.2 Å². The average molecular weight is 482 g/mol. The summed E-state index contributed by atoms with van der Waals surface area (Å²) in [6.45, 7) is 4.59. The molecule has 194 valence electrons. The number of hydrogen-bond acceptors (Lipinski definition) is 3. The van der Waals surface area contributed by atoms with Crippen LogP contribution in [0.4, 0.5) is 0 Å². The maximum absolute atomic E-state index is 11.6. The molecule has 5 heteroatoms. The van der Waals surface area contributed by atoms with Gasteiger partial charge in [-0.15, -0.1) is 0 Å².